The molecule has 1 heterocycles. The van der Waals surface area contributed by atoms with Crippen LogP contribution in [-0.2, 0) is 4.74 Å². The number of aromatic nitrogens is 2. The molecule has 2 aromatic rings. The Hall–Kier alpha value is -1.68. The molecular weight excluding hydrogens is 226 g/mol. The van der Waals surface area contributed by atoms with Crippen LogP contribution < -0.4 is 5.32 Å². The van der Waals surface area contributed by atoms with E-state index in [1.54, 1.807) is 6.33 Å². The van der Waals surface area contributed by atoms with Gasteiger partial charge in [-0.05, 0) is 18.1 Å². The van der Waals surface area contributed by atoms with Crippen LogP contribution in [-0.4, -0.2) is 29.7 Å². The molecule has 0 saturated heterocycles. The molecule has 18 heavy (non-hydrogen) atoms. The van der Waals surface area contributed by atoms with E-state index < -0.39 is 0 Å². The van der Waals surface area contributed by atoms with Crippen molar-refractivity contribution in [3.63, 3.8) is 0 Å². The molecule has 4 heteroatoms. The average Bonchev–Trinajstić information content (AvgIpc) is 2.38. The molecule has 0 radical (unpaired) electrons. The van der Waals surface area contributed by atoms with E-state index in [0.717, 1.165) is 29.9 Å². The maximum absolute atomic E-state index is 5.52. The van der Waals surface area contributed by atoms with Gasteiger partial charge in [0.25, 0.3) is 0 Å². The first-order valence-electron chi connectivity index (χ1n) is 6.28. The molecule has 0 aliphatic carbocycles. The molecule has 1 N–H and O–H groups in total. The Bertz CT molecular complexity index is 494. The van der Waals surface area contributed by atoms with E-state index in [-0.39, 0.29) is 0 Å². The van der Waals surface area contributed by atoms with E-state index >= 15 is 0 Å². The Morgan fingerprint density at radius 2 is 2.06 bits per heavy atom. The SMILES string of the molecule is CC(C)COCCNc1ncnc2ccccc12. The largest absolute Gasteiger partial charge is 0.379 e. The normalized spacial score (nSPS) is 11.1. The van der Waals surface area contributed by atoms with Crippen molar-refractivity contribution in [2.45, 2.75) is 13.8 Å². The van der Waals surface area contributed by atoms with Crippen molar-refractivity contribution in [2.24, 2.45) is 5.92 Å². The topological polar surface area (TPSA) is 47.0 Å². The second-order valence-electron chi connectivity index (χ2n) is 4.63. The van der Waals surface area contributed by atoms with E-state index in [4.69, 9.17) is 4.74 Å². The van der Waals surface area contributed by atoms with Crippen LogP contribution in [0, 0.1) is 5.92 Å². The molecule has 0 bridgehead atoms. The van der Waals surface area contributed by atoms with E-state index in [1.807, 2.05) is 24.3 Å². The van der Waals surface area contributed by atoms with Crippen molar-refractivity contribution in [2.75, 3.05) is 25.1 Å². The number of ether oxygens (including phenoxy) is 1. The van der Waals surface area contributed by atoms with Crippen molar-refractivity contribution < 1.29 is 4.74 Å². The van der Waals surface area contributed by atoms with Gasteiger partial charge in [0.05, 0.1) is 12.1 Å². The van der Waals surface area contributed by atoms with Crippen LogP contribution in [0.1, 0.15) is 13.8 Å². The van der Waals surface area contributed by atoms with Crippen LogP contribution in [0.2, 0.25) is 0 Å². The second-order valence-corrected chi connectivity index (χ2v) is 4.63. The smallest absolute Gasteiger partial charge is 0.137 e. The predicted octanol–water partition coefficient (Wildman–Crippen LogP) is 2.71. The Morgan fingerprint density at radius 1 is 1.22 bits per heavy atom. The molecule has 0 fully saturated rings. The van der Waals surface area contributed by atoms with Crippen molar-refractivity contribution in [3.05, 3.63) is 30.6 Å². The second kappa shape index (κ2) is 6.31. The van der Waals surface area contributed by atoms with E-state index in [1.165, 1.54) is 0 Å². The van der Waals surface area contributed by atoms with Crippen LogP contribution in [0.5, 0.6) is 0 Å². The standard InChI is InChI=1S/C14H19N3O/c1-11(2)9-18-8-7-15-14-12-5-3-4-6-13(12)16-10-17-14/h3-6,10-11H,7-9H2,1-2H3,(H,15,16,17). The zero-order valence-corrected chi connectivity index (χ0v) is 10.9. The monoisotopic (exact) mass is 245 g/mol. The number of para-hydroxylation sites is 1. The molecule has 0 aliphatic heterocycles. The molecule has 2 rings (SSSR count). The fourth-order valence-corrected chi connectivity index (χ4v) is 1.71. The lowest BCUT2D eigenvalue weighted by molar-refractivity contribution is 0.118. The maximum atomic E-state index is 5.52. The van der Waals surface area contributed by atoms with Gasteiger partial charge in [0, 0.05) is 18.5 Å². The lowest BCUT2D eigenvalue weighted by Gasteiger charge is -2.09. The lowest BCUT2D eigenvalue weighted by atomic mass is 10.2. The Kier molecular flexibility index (Phi) is 4.47. The van der Waals surface area contributed by atoms with Crippen LogP contribution in [0.3, 0.4) is 0 Å². The van der Waals surface area contributed by atoms with Gasteiger partial charge < -0.3 is 10.1 Å². The number of benzene rings is 1. The van der Waals surface area contributed by atoms with Gasteiger partial charge in [0.2, 0.25) is 0 Å². The number of nitrogens with zero attached hydrogens (tertiary/aromatic N) is 2. The van der Waals surface area contributed by atoms with Gasteiger partial charge in [0.15, 0.2) is 0 Å². The molecule has 96 valence electrons. The first-order chi connectivity index (χ1) is 8.77. The summed E-state index contributed by atoms with van der Waals surface area (Å²) in [6.07, 6.45) is 1.58. The molecule has 0 unspecified atom stereocenters. The minimum absolute atomic E-state index is 0.574. The van der Waals surface area contributed by atoms with Gasteiger partial charge in [0.1, 0.15) is 12.1 Å². The predicted molar refractivity (Wildman–Crippen MR) is 73.7 cm³/mol. The van der Waals surface area contributed by atoms with E-state index in [0.29, 0.717) is 12.5 Å². The highest BCUT2D eigenvalue weighted by Gasteiger charge is 2.01. The van der Waals surface area contributed by atoms with Gasteiger partial charge in [-0.1, -0.05) is 26.0 Å². The first-order valence-corrected chi connectivity index (χ1v) is 6.28. The number of rotatable bonds is 6. The number of nitrogens with one attached hydrogen (secondary N) is 1. The van der Waals surface area contributed by atoms with Gasteiger partial charge >= 0.3 is 0 Å². The molecular formula is C14H19N3O. The Morgan fingerprint density at radius 3 is 2.89 bits per heavy atom. The van der Waals surface area contributed by atoms with Crippen molar-refractivity contribution in [3.8, 4) is 0 Å². The van der Waals surface area contributed by atoms with Gasteiger partial charge in [-0.2, -0.15) is 0 Å². The third kappa shape index (κ3) is 3.40. The third-order valence-corrected chi connectivity index (χ3v) is 2.53. The van der Waals surface area contributed by atoms with Crippen LogP contribution in [0.15, 0.2) is 30.6 Å². The van der Waals surface area contributed by atoms with E-state index in [9.17, 15) is 0 Å². The fraction of sp³-hybridized carbons (Fsp3) is 0.429. The fourth-order valence-electron chi connectivity index (χ4n) is 1.71. The van der Waals surface area contributed by atoms with Crippen LogP contribution in [0.25, 0.3) is 10.9 Å². The molecule has 1 aromatic carbocycles. The summed E-state index contributed by atoms with van der Waals surface area (Å²) in [5.74, 6) is 1.44. The molecule has 0 saturated carbocycles. The third-order valence-electron chi connectivity index (χ3n) is 2.53. The summed E-state index contributed by atoms with van der Waals surface area (Å²) in [5.41, 5.74) is 0.957. The zero-order chi connectivity index (χ0) is 12.8. The molecule has 1 aromatic heterocycles. The molecule has 4 nitrogen and oxygen atoms in total. The minimum Gasteiger partial charge on any atom is -0.379 e. The number of anilines is 1. The van der Waals surface area contributed by atoms with Gasteiger partial charge in [-0.15, -0.1) is 0 Å². The van der Waals surface area contributed by atoms with Crippen molar-refractivity contribution >= 4 is 16.7 Å². The summed E-state index contributed by atoms with van der Waals surface area (Å²) < 4.78 is 5.52. The number of hydrogen-bond acceptors (Lipinski definition) is 4. The zero-order valence-electron chi connectivity index (χ0n) is 10.9. The molecule has 0 spiro atoms. The summed E-state index contributed by atoms with van der Waals surface area (Å²) >= 11 is 0. The summed E-state index contributed by atoms with van der Waals surface area (Å²) in [6.45, 7) is 6.53. The molecule has 0 aliphatic rings. The lowest BCUT2D eigenvalue weighted by Crippen LogP contribution is -2.13. The summed E-state index contributed by atoms with van der Waals surface area (Å²) in [4.78, 5) is 8.49. The highest BCUT2D eigenvalue weighted by molar-refractivity contribution is 5.88. The first kappa shape index (κ1) is 12.8. The summed E-state index contributed by atoms with van der Waals surface area (Å²) in [6, 6.07) is 7.97. The summed E-state index contributed by atoms with van der Waals surface area (Å²) in [7, 11) is 0. The number of fused-ring (bicyclic) bond motifs is 1. The Balaban J connectivity index is 1.91. The quantitative estimate of drug-likeness (QED) is 0.795. The van der Waals surface area contributed by atoms with Crippen LogP contribution >= 0.6 is 0 Å². The van der Waals surface area contributed by atoms with Gasteiger partial charge in [-0.3, -0.25) is 0 Å². The maximum Gasteiger partial charge on any atom is 0.137 e. The van der Waals surface area contributed by atoms with E-state index in [2.05, 4.69) is 29.1 Å². The van der Waals surface area contributed by atoms with Crippen molar-refractivity contribution in [1.29, 1.82) is 0 Å². The number of hydrogen-bond donors (Lipinski definition) is 1. The minimum atomic E-state index is 0.574. The van der Waals surface area contributed by atoms with Crippen LogP contribution in [0.4, 0.5) is 5.82 Å². The summed E-state index contributed by atoms with van der Waals surface area (Å²) in [5, 5.41) is 4.33. The van der Waals surface area contributed by atoms with Gasteiger partial charge in [-0.25, -0.2) is 9.97 Å². The average molecular weight is 245 g/mol. The Labute approximate surface area is 107 Å². The highest BCUT2D eigenvalue weighted by atomic mass is 16.5. The molecule has 0 atom stereocenters. The van der Waals surface area contributed by atoms with Crippen molar-refractivity contribution in [1.82, 2.24) is 9.97 Å². The highest BCUT2D eigenvalue weighted by Crippen LogP contribution is 2.17. The molecule has 0 amide bonds.